The van der Waals surface area contributed by atoms with Gasteiger partial charge < -0.3 is 5.32 Å². The highest BCUT2D eigenvalue weighted by Crippen LogP contribution is 2.21. The average Bonchev–Trinajstić information content (AvgIpc) is 2.97. The lowest BCUT2D eigenvalue weighted by Crippen LogP contribution is -2.14. The second kappa shape index (κ2) is 5.44. The molecule has 2 aromatic heterocycles. The van der Waals surface area contributed by atoms with Gasteiger partial charge in [0.15, 0.2) is 5.82 Å². The fourth-order valence-electron chi connectivity index (χ4n) is 1.69. The molecule has 7 nitrogen and oxygen atoms in total. The largest absolute Gasteiger partial charge is 0.302 e. The Morgan fingerprint density at radius 3 is 2.65 bits per heavy atom. The highest BCUT2D eigenvalue weighted by atomic mass is 16.2. The third kappa shape index (κ3) is 3.23. The molecule has 2 rings (SSSR count). The Bertz CT molecular complexity index is 592. The van der Waals surface area contributed by atoms with Gasteiger partial charge in [0.1, 0.15) is 5.82 Å². The van der Waals surface area contributed by atoms with Crippen molar-refractivity contribution in [2.24, 2.45) is 0 Å². The number of hydrogen-bond acceptors (Lipinski definition) is 4. The molecule has 1 amide bonds. The molecule has 0 radical (unpaired) electrons. The van der Waals surface area contributed by atoms with Gasteiger partial charge in [-0.2, -0.15) is 5.10 Å². The number of nitrogens with one attached hydrogen (secondary N) is 3. The Hall–Kier alpha value is -2.18. The van der Waals surface area contributed by atoms with Gasteiger partial charge in [-0.05, 0) is 6.42 Å². The lowest BCUT2D eigenvalue weighted by atomic mass is 9.92. The Morgan fingerprint density at radius 1 is 1.30 bits per heavy atom. The summed E-state index contributed by atoms with van der Waals surface area (Å²) in [5, 5.41) is 16.3. The van der Waals surface area contributed by atoms with E-state index in [0.29, 0.717) is 5.82 Å². The van der Waals surface area contributed by atoms with Crippen LogP contribution in [0.4, 0.5) is 5.82 Å². The minimum Gasteiger partial charge on any atom is -0.302 e. The van der Waals surface area contributed by atoms with E-state index in [9.17, 15) is 4.79 Å². The second-order valence-electron chi connectivity index (χ2n) is 5.73. The molecular formula is C13H20N6O. The first kappa shape index (κ1) is 14.2. The van der Waals surface area contributed by atoms with Crippen molar-refractivity contribution in [1.82, 2.24) is 25.4 Å². The van der Waals surface area contributed by atoms with E-state index in [4.69, 9.17) is 0 Å². The molecule has 0 atom stereocenters. The van der Waals surface area contributed by atoms with Crippen LogP contribution in [0.25, 0.3) is 0 Å². The topological polar surface area (TPSA) is 99.3 Å². The van der Waals surface area contributed by atoms with Crippen molar-refractivity contribution in [2.75, 3.05) is 5.32 Å². The van der Waals surface area contributed by atoms with Crippen molar-refractivity contribution in [2.45, 2.75) is 46.0 Å². The number of H-pyrrole nitrogens is 2. The summed E-state index contributed by atoms with van der Waals surface area (Å²) in [6.45, 7) is 8.25. The van der Waals surface area contributed by atoms with E-state index < -0.39 is 0 Å². The summed E-state index contributed by atoms with van der Waals surface area (Å²) in [7, 11) is 0. The van der Waals surface area contributed by atoms with Crippen molar-refractivity contribution in [3.8, 4) is 0 Å². The van der Waals surface area contributed by atoms with Gasteiger partial charge in [-0.1, -0.05) is 27.7 Å². The molecule has 3 N–H and O–H groups in total. The molecule has 7 heteroatoms. The van der Waals surface area contributed by atoms with Crippen molar-refractivity contribution in [1.29, 1.82) is 0 Å². The smallest absolute Gasteiger partial charge is 0.296 e. The first-order valence-corrected chi connectivity index (χ1v) is 6.68. The zero-order valence-corrected chi connectivity index (χ0v) is 12.2. The van der Waals surface area contributed by atoms with Gasteiger partial charge in [-0.15, -0.1) is 5.10 Å². The van der Waals surface area contributed by atoms with Crippen molar-refractivity contribution in [3.63, 3.8) is 0 Å². The quantitative estimate of drug-likeness (QED) is 0.795. The maximum atomic E-state index is 12.0. The summed E-state index contributed by atoms with van der Waals surface area (Å²) in [6, 6.07) is 1.82. The molecule has 0 unspecified atom stereocenters. The third-order valence-electron chi connectivity index (χ3n) is 2.85. The molecule has 0 bridgehead atoms. The summed E-state index contributed by atoms with van der Waals surface area (Å²) < 4.78 is 0. The summed E-state index contributed by atoms with van der Waals surface area (Å²) in [4.78, 5) is 16.1. The Labute approximate surface area is 117 Å². The molecular weight excluding hydrogens is 256 g/mol. The lowest BCUT2D eigenvalue weighted by Gasteiger charge is -2.14. The maximum Gasteiger partial charge on any atom is 0.296 e. The van der Waals surface area contributed by atoms with Gasteiger partial charge in [0.2, 0.25) is 5.82 Å². The minimum absolute atomic E-state index is 0.0468. The summed E-state index contributed by atoms with van der Waals surface area (Å²) in [5.41, 5.74) is 0.906. The molecule has 2 aromatic rings. The number of nitrogens with zero attached hydrogens (tertiary/aromatic N) is 3. The van der Waals surface area contributed by atoms with Crippen LogP contribution in [0.2, 0.25) is 0 Å². The van der Waals surface area contributed by atoms with Gasteiger partial charge in [0, 0.05) is 23.6 Å². The standard InChI is InChI=1S/C13H20N6O/c1-5-6-9-14-11(19-17-9)12(20)15-10-7-8(16-18-10)13(2,3)4/h7H,5-6H2,1-4H3,(H,14,17,19)(H2,15,16,18,20). The SMILES string of the molecule is CCCc1nc(C(=O)Nc2cc(C(C)(C)C)[nH]n2)n[nH]1. The molecule has 0 fully saturated rings. The van der Waals surface area contributed by atoms with Crippen LogP contribution < -0.4 is 5.32 Å². The molecule has 0 aliphatic heterocycles. The van der Waals surface area contributed by atoms with Crippen LogP contribution in [-0.2, 0) is 11.8 Å². The van der Waals surface area contributed by atoms with E-state index in [2.05, 4.69) is 51.5 Å². The summed E-state index contributed by atoms with van der Waals surface area (Å²) >= 11 is 0. The number of hydrogen-bond donors (Lipinski definition) is 3. The van der Waals surface area contributed by atoms with Crippen molar-refractivity contribution >= 4 is 11.7 Å². The van der Waals surface area contributed by atoms with Gasteiger partial charge >= 0.3 is 0 Å². The van der Waals surface area contributed by atoms with Crippen LogP contribution in [0.5, 0.6) is 0 Å². The van der Waals surface area contributed by atoms with E-state index in [0.717, 1.165) is 24.4 Å². The molecule has 0 spiro atoms. The molecule has 0 saturated heterocycles. The Balaban J connectivity index is 2.05. The average molecular weight is 276 g/mol. The summed E-state index contributed by atoms with van der Waals surface area (Å²) in [6.07, 6.45) is 1.72. The molecule has 2 heterocycles. The molecule has 20 heavy (non-hydrogen) atoms. The predicted molar refractivity (Wildman–Crippen MR) is 75.6 cm³/mol. The zero-order chi connectivity index (χ0) is 14.8. The van der Waals surface area contributed by atoms with Crippen LogP contribution in [0.15, 0.2) is 6.07 Å². The molecule has 108 valence electrons. The molecule has 0 saturated carbocycles. The number of anilines is 1. The zero-order valence-electron chi connectivity index (χ0n) is 12.2. The molecule has 0 aliphatic rings. The molecule has 0 aliphatic carbocycles. The van der Waals surface area contributed by atoms with E-state index in [1.165, 1.54) is 0 Å². The number of amides is 1. The Morgan fingerprint density at radius 2 is 2.05 bits per heavy atom. The number of rotatable bonds is 4. The van der Waals surface area contributed by atoms with Crippen LogP contribution in [-0.4, -0.2) is 31.3 Å². The minimum atomic E-state index is -0.365. The predicted octanol–water partition coefficient (Wildman–Crippen LogP) is 2.03. The van der Waals surface area contributed by atoms with Gasteiger partial charge in [-0.3, -0.25) is 15.0 Å². The highest BCUT2D eigenvalue weighted by molar-refractivity contribution is 6.00. The van der Waals surface area contributed by atoms with E-state index in [1.54, 1.807) is 0 Å². The third-order valence-corrected chi connectivity index (χ3v) is 2.85. The van der Waals surface area contributed by atoms with E-state index in [1.807, 2.05) is 13.0 Å². The highest BCUT2D eigenvalue weighted by Gasteiger charge is 2.19. The van der Waals surface area contributed by atoms with E-state index in [-0.39, 0.29) is 17.1 Å². The van der Waals surface area contributed by atoms with Gasteiger partial charge in [-0.25, -0.2) is 4.98 Å². The van der Waals surface area contributed by atoms with Crippen LogP contribution in [0, 0.1) is 0 Å². The first-order valence-electron chi connectivity index (χ1n) is 6.68. The van der Waals surface area contributed by atoms with E-state index >= 15 is 0 Å². The van der Waals surface area contributed by atoms with Crippen LogP contribution in [0.1, 0.15) is 56.3 Å². The summed E-state index contributed by atoms with van der Waals surface area (Å²) in [5.74, 6) is 0.959. The number of carbonyl (C=O) groups excluding carboxylic acids is 1. The van der Waals surface area contributed by atoms with Gasteiger partial charge in [0.05, 0.1) is 0 Å². The lowest BCUT2D eigenvalue weighted by molar-refractivity contribution is 0.101. The molecule has 0 aromatic carbocycles. The van der Waals surface area contributed by atoms with Crippen LogP contribution in [0.3, 0.4) is 0 Å². The second-order valence-corrected chi connectivity index (χ2v) is 5.73. The van der Waals surface area contributed by atoms with Crippen molar-refractivity contribution < 1.29 is 4.79 Å². The fraction of sp³-hybridized carbons (Fsp3) is 0.538. The van der Waals surface area contributed by atoms with Crippen LogP contribution >= 0.6 is 0 Å². The fourth-order valence-corrected chi connectivity index (χ4v) is 1.69. The number of aromatic nitrogens is 5. The Kier molecular flexibility index (Phi) is 3.87. The number of carbonyl (C=O) groups is 1. The van der Waals surface area contributed by atoms with Crippen molar-refractivity contribution in [3.05, 3.63) is 23.4 Å². The monoisotopic (exact) mass is 276 g/mol. The maximum absolute atomic E-state index is 12.0. The van der Waals surface area contributed by atoms with Gasteiger partial charge in [0.25, 0.3) is 5.91 Å². The normalized spacial score (nSPS) is 11.6. The number of aromatic amines is 2. The first-order chi connectivity index (χ1) is 9.40. The number of aryl methyl sites for hydroxylation is 1.